The second kappa shape index (κ2) is 5.07. The highest BCUT2D eigenvalue weighted by atomic mass is 16.6. The summed E-state index contributed by atoms with van der Waals surface area (Å²) in [6.07, 6.45) is 5.00. The van der Waals surface area contributed by atoms with Crippen LogP contribution in [-0.2, 0) is 4.74 Å². The first kappa shape index (κ1) is 13.6. The van der Waals surface area contributed by atoms with Gasteiger partial charge in [-0.25, -0.2) is 4.79 Å². The third-order valence-electron chi connectivity index (χ3n) is 3.05. The lowest BCUT2D eigenvalue weighted by Crippen LogP contribution is -2.36. The second-order valence-corrected chi connectivity index (χ2v) is 5.88. The number of carbonyl (C=O) groups is 1. The number of ether oxygens (including phenoxy) is 1. The molecule has 0 spiro atoms. The van der Waals surface area contributed by atoms with E-state index in [1.807, 2.05) is 26.8 Å². The highest BCUT2D eigenvalue weighted by Crippen LogP contribution is 2.33. The van der Waals surface area contributed by atoms with E-state index in [1.54, 1.807) is 17.3 Å². The summed E-state index contributed by atoms with van der Waals surface area (Å²) in [5.74, 6) is 0. The van der Waals surface area contributed by atoms with E-state index in [-0.39, 0.29) is 12.1 Å². The molecule has 1 aromatic rings. The molecule has 1 saturated heterocycles. The fourth-order valence-electron chi connectivity index (χ4n) is 2.31. The van der Waals surface area contributed by atoms with E-state index in [0.29, 0.717) is 12.2 Å². The largest absolute Gasteiger partial charge is 0.444 e. The van der Waals surface area contributed by atoms with Crippen molar-refractivity contribution in [2.75, 3.05) is 12.3 Å². The van der Waals surface area contributed by atoms with Gasteiger partial charge >= 0.3 is 6.09 Å². The molecular formula is C14H21N3O2. The van der Waals surface area contributed by atoms with Crippen LogP contribution in [0.25, 0.3) is 0 Å². The Bertz CT molecular complexity index is 468. The minimum Gasteiger partial charge on any atom is -0.444 e. The predicted molar refractivity (Wildman–Crippen MR) is 73.6 cm³/mol. The zero-order valence-corrected chi connectivity index (χ0v) is 11.7. The van der Waals surface area contributed by atoms with Crippen LogP contribution in [0.3, 0.4) is 0 Å². The van der Waals surface area contributed by atoms with Crippen molar-refractivity contribution in [2.24, 2.45) is 0 Å². The van der Waals surface area contributed by atoms with Crippen LogP contribution in [0.4, 0.5) is 10.5 Å². The number of anilines is 1. The number of nitrogens with two attached hydrogens (primary N) is 1. The number of hydrogen-bond donors (Lipinski definition) is 1. The Morgan fingerprint density at radius 1 is 1.47 bits per heavy atom. The molecule has 0 bridgehead atoms. The molecule has 1 fully saturated rings. The number of hydrogen-bond acceptors (Lipinski definition) is 4. The summed E-state index contributed by atoms with van der Waals surface area (Å²) >= 11 is 0. The lowest BCUT2D eigenvalue weighted by molar-refractivity contribution is 0.0224. The fraction of sp³-hybridized carbons (Fsp3) is 0.571. The van der Waals surface area contributed by atoms with E-state index in [4.69, 9.17) is 10.5 Å². The third kappa shape index (κ3) is 3.36. The molecule has 19 heavy (non-hydrogen) atoms. The van der Waals surface area contributed by atoms with E-state index >= 15 is 0 Å². The van der Waals surface area contributed by atoms with Crippen molar-refractivity contribution in [3.63, 3.8) is 0 Å². The average Bonchev–Trinajstić information content (AvgIpc) is 2.75. The van der Waals surface area contributed by atoms with E-state index in [1.165, 1.54) is 0 Å². The van der Waals surface area contributed by atoms with Gasteiger partial charge in [-0.1, -0.05) is 0 Å². The minimum absolute atomic E-state index is 0.0193. The van der Waals surface area contributed by atoms with Gasteiger partial charge in [0.2, 0.25) is 0 Å². The Balaban J connectivity index is 2.15. The molecule has 0 aromatic carbocycles. The van der Waals surface area contributed by atoms with E-state index in [2.05, 4.69) is 4.98 Å². The number of nitrogen functional groups attached to an aromatic ring is 1. The maximum Gasteiger partial charge on any atom is 0.410 e. The second-order valence-electron chi connectivity index (χ2n) is 5.88. The Morgan fingerprint density at radius 2 is 2.21 bits per heavy atom. The van der Waals surface area contributed by atoms with Crippen LogP contribution < -0.4 is 5.73 Å². The molecule has 1 aromatic heterocycles. The predicted octanol–water partition coefficient (Wildman–Crippen LogP) is 2.74. The van der Waals surface area contributed by atoms with Crippen molar-refractivity contribution in [2.45, 2.75) is 45.3 Å². The third-order valence-corrected chi connectivity index (χ3v) is 3.05. The summed E-state index contributed by atoms with van der Waals surface area (Å²) in [5, 5.41) is 0. The van der Waals surface area contributed by atoms with Crippen LogP contribution in [0.5, 0.6) is 0 Å². The zero-order chi connectivity index (χ0) is 14.0. The summed E-state index contributed by atoms with van der Waals surface area (Å²) in [4.78, 5) is 18.0. The molecule has 1 amide bonds. The standard InChI is InChI=1S/C14H21N3O2/c1-14(2,3)19-13(18)17-6-4-5-12(17)10-7-11(15)9-16-8-10/h7-9,12H,4-6,15H2,1-3H3. The number of aromatic nitrogens is 1. The summed E-state index contributed by atoms with van der Waals surface area (Å²) < 4.78 is 5.44. The lowest BCUT2D eigenvalue weighted by atomic mass is 10.1. The Morgan fingerprint density at radius 3 is 2.84 bits per heavy atom. The normalized spacial score (nSPS) is 19.5. The van der Waals surface area contributed by atoms with Gasteiger partial charge in [0.1, 0.15) is 5.60 Å². The Kier molecular flexibility index (Phi) is 3.64. The van der Waals surface area contributed by atoms with Gasteiger partial charge in [0.05, 0.1) is 11.7 Å². The lowest BCUT2D eigenvalue weighted by Gasteiger charge is -2.28. The molecule has 5 nitrogen and oxygen atoms in total. The molecule has 2 rings (SSSR count). The van der Waals surface area contributed by atoms with Gasteiger partial charge in [-0.15, -0.1) is 0 Å². The summed E-state index contributed by atoms with van der Waals surface area (Å²) in [5.41, 5.74) is 6.87. The number of pyridine rings is 1. The van der Waals surface area contributed by atoms with Crippen LogP contribution >= 0.6 is 0 Å². The maximum absolute atomic E-state index is 12.2. The van der Waals surface area contributed by atoms with Crippen LogP contribution in [0.2, 0.25) is 0 Å². The molecule has 2 N–H and O–H groups in total. The number of rotatable bonds is 1. The van der Waals surface area contributed by atoms with Gasteiger partial charge in [0.15, 0.2) is 0 Å². The Labute approximate surface area is 113 Å². The monoisotopic (exact) mass is 263 g/mol. The number of nitrogens with zero attached hydrogens (tertiary/aromatic N) is 2. The molecule has 1 aliphatic rings. The Hall–Kier alpha value is -1.78. The quantitative estimate of drug-likeness (QED) is 0.845. The SMILES string of the molecule is CC(C)(C)OC(=O)N1CCCC1c1cncc(N)c1. The van der Waals surface area contributed by atoms with Crippen LogP contribution in [0, 0.1) is 0 Å². The molecule has 0 aliphatic carbocycles. The van der Waals surface area contributed by atoms with Crippen molar-refractivity contribution >= 4 is 11.8 Å². The number of carbonyl (C=O) groups excluding carboxylic acids is 1. The van der Waals surface area contributed by atoms with E-state index in [0.717, 1.165) is 18.4 Å². The number of likely N-dealkylation sites (tertiary alicyclic amines) is 1. The fourth-order valence-corrected chi connectivity index (χ4v) is 2.31. The van der Waals surface area contributed by atoms with Gasteiger partial charge in [0, 0.05) is 18.9 Å². The molecule has 0 radical (unpaired) electrons. The van der Waals surface area contributed by atoms with E-state index < -0.39 is 5.60 Å². The zero-order valence-electron chi connectivity index (χ0n) is 11.7. The molecule has 1 aliphatic heterocycles. The van der Waals surface area contributed by atoms with Crippen molar-refractivity contribution in [3.8, 4) is 0 Å². The first-order chi connectivity index (χ1) is 8.87. The highest BCUT2D eigenvalue weighted by Gasteiger charge is 2.33. The van der Waals surface area contributed by atoms with E-state index in [9.17, 15) is 4.79 Å². The number of amides is 1. The molecule has 2 heterocycles. The first-order valence-corrected chi connectivity index (χ1v) is 6.57. The summed E-state index contributed by atoms with van der Waals surface area (Å²) in [6, 6.07) is 1.89. The average molecular weight is 263 g/mol. The molecule has 1 atom stereocenters. The van der Waals surface area contributed by atoms with Crippen LogP contribution in [0.1, 0.15) is 45.2 Å². The van der Waals surface area contributed by atoms with Gasteiger partial charge in [-0.05, 0) is 45.2 Å². The van der Waals surface area contributed by atoms with Crippen LogP contribution in [0.15, 0.2) is 18.5 Å². The van der Waals surface area contributed by atoms with Gasteiger partial charge in [-0.3, -0.25) is 4.98 Å². The summed E-state index contributed by atoms with van der Waals surface area (Å²) in [6.45, 7) is 6.34. The molecule has 0 saturated carbocycles. The topological polar surface area (TPSA) is 68.5 Å². The van der Waals surface area contributed by atoms with Gasteiger partial charge in [-0.2, -0.15) is 0 Å². The smallest absolute Gasteiger partial charge is 0.410 e. The van der Waals surface area contributed by atoms with Crippen LogP contribution in [-0.4, -0.2) is 28.1 Å². The molecular weight excluding hydrogens is 242 g/mol. The van der Waals surface area contributed by atoms with Crippen molar-refractivity contribution in [1.29, 1.82) is 0 Å². The summed E-state index contributed by atoms with van der Waals surface area (Å²) in [7, 11) is 0. The molecule has 5 heteroatoms. The molecule has 1 unspecified atom stereocenters. The molecule has 104 valence electrons. The first-order valence-electron chi connectivity index (χ1n) is 6.57. The van der Waals surface area contributed by atoms with Crippen molar-refractivity contribution < 1.29 is 9.53 Å². The van der Waals surface area contributed by atoms with Gasteiger partial charge < -0.3 is 15.4 Å². The van der Waals surface area contributed by atoms with Crippen molar-refractivity contribution in [3.05, 3.63) is 24.0 Å². The van der Waals surface area contributed by atoms with Crippen molar-refractivity contribution in [1.82, 2.24) is 9.88 Å². The minimum atomic E-state index is -0.474. The highest BCUT2D eigenvalue weighted by molar-refractivity contribution is 5.69. The van der Waals surface area contributed by atoms with Gasteiger partial charge in [0.25, 0.3) is 0 Å². The maximum atomic E-state index is 12.2.